The fraction of sp³-hybridized carbons (Fsp3) is 0.385. The Labute approximate surface area is 111 Å². The van der Waals surface area contributed by atoms with Crippen LogP contribution in [0.1, 0.15) is 10.4 Å². The van der Waals surface area contributed by atoms with E-state index in [2.05, 4.69) is 10.6 Å². The Morgan fingerprint density at radius 1 is 1.21 bits per heavy atom. The maximum Gasteiger partial charge on any atom is 0.318 e. The summed E-state index contributed by atoms with van der Waals surface area (Å²) in [6.07, 6.45) is 0. The Morgan fingerprint density at radius 3 is 2.58 bits per heavy atom. The molecule has 1 heterocycles. The van der Waals surface area contributed by atoms with Crippen LogP contribution in [-0.4, -0.2) is 50.2 Å². The van der Waals surface area contributed by atoms with Gasteiger partial charge in [0.25, 0.3) is 5.91 Å². The summed E-state index contributed by atoms with van der Waals surface area (Å²) in [5.41, 5.74) is 1.01. The van der Waals surface area contributed by atoms with Crippen molar-refractivity contribution in [2.75, 3.05) is 38.7 Å². The molecular weight excluding hydrogens is 246 g/mol. The second kappa shape index (κ2) is 6.19. The van der Waals surface area contributed by atoms with Gasteiger partial charge in [0.2, 0.25) is 0 Å². The Morgan fingerprint density at radius 2 is 1.89 bits per heavy atom. The van der Waals surface area contributed by atoms with E-state index in [1.54, 1.807) is 29.2 Å². The summed E-state index contributed by atoms with van der Waals surface area (Å²) in [7, 11) is 1.53. The van der Waals surface area contributed by atoms with Crippen LogP contribution < -0.4 is 10.6 Å². The summed E-state index contributed by atoms with van der Waals surface area (Å²) in [6, 6.07) is 6.64. The molecule has 0 spiro atoms. The number of hydrogen-bond acceptors (Lipinski definition) is 3. The number of benzene rings is 1. The van der Waals surface area contributed by atoms with Crippen molar-refractivity contribution >= 4 is 17.6 Å². The van der Waals surface area contributed by atoms with Gasteiger partial charge in [-0.25, -0.2) is 4.79 Å². The van der Waals surface area contributed by atoms with Crippen LogP contribution in [0.25, 0.3) is 0 Å². The van der Waals surface area contributed by atoms with Gasteiger partial charge in [-0.15, -0.1) is 0 Å². The molecule has 1 aromatic carbocycles. The summed E-state index contributed by atoms with van der Waals surface area (Å²) in [4.78, 5) is 25.5. The first-order valence-corrected chi connectivity index (χ1v) is 6.17. The maximum absolute atomic E-state index is 12.4. The first-order chi connectivity index (χ1) is 9.22. The summed E-state index contributed by atoms with van der Waals surface area (Å²) in [6.45, 7) is 2.26. The van der Waals surface area contributed by atoms with Gasteiger partial charge in [-0.1, -0.05) is 12.1 Å². The molecule has 1 aliphatic rings. The van der Waals surface area contributed by atoms with E-state index in [4.69, 9.17) is 4.74 Å². The fourth-order valence-electron chi connectivity index (χ4n) is 1.90. The minimum atomic E-state index is -0.345. The van der Waals surface area contributed by atoms with E-state index in [9.17, 15) is 9.59 Å². The molecule has 1 fully saturated rings. The van der Waals surface area contributed by atoms with Gasteiger partial charge in [0.05, 0.1) is 24.5 Å². The number of carbonyl (C=O) groups excluding carboxylic acids is 2. The molecule has 6 heteroatoms. The zero-order chi connectivity index (χ0) is 13.7. The molecule has 6 nitrogen and oxygen atoms in total. The van der Waals surface area contributed by atoms with Crippen molar-refractivity contribution in [1.29, 1.82) is 0 Å². The van der Waals surface area contributed by atoms with E-state index in [-0.39, 0.29) is 11.9 Å². The number of hydrogen-bond donors (Lipinski definition) is 2. The number of morpholine rings is 1. The minimum Gasteiger partial charge on any atom is -0.378 e. The van der Waals surface area contributed by atoms with Gasteiger partial charge in [0, 0.05) is 20.1 Å². The van der Waals surface area contributed by atoms with Gasteiger partial charge >= 0.3 is 6.03 Å². The number of carbonyl (C=O) groups is 2. The van der Waals surface area contributed by atoms with Crippen molar-refractivity contribution in [3.63, 3.8) is 0 Å². The first-order valence-electron chi connectivity index (χ1n) is 6.17. The van der Waals surface area contributed by atoms with Crippen LogP contribution in [0.2, 0.25) is 0 Å². The number of anilines is 1. The number of ether oxygens (including phenoxy) is 1. The number of rotatable bonds is 2. The zero-order valence-electron chi connectivity index (χ0n) is 10.8. The summed E-state index contributed by atoms with van der Waals surface area (Å²) < 4.78 is 5.22. The molecule has 2 rings (SSSR count). The third kappa shape index (κ3) is 3.23. The van der Waals surface area contributed by atoms with Crippen LogP contribution in [0, 0.1) is 0 Å². The molecule has 19 heavy (non-hydrogen) atoms. The SMILES string of the molecule is CNC(=O)Nc1ccccc1C(=O)N1CCOCC1. The lowest BCUT2D eigenvalue weighted by atomic mass is 10.1. The smallest absolute Gasteiger partial charge is 0.318 e. The van der Waals surface area contributed by atoms with Crippen molar-refractivity contribution in [3.05, 3.63) is 29.8 Å². The lowest BCUT2D eigenvalue weighted by molar-refractivity contribution is 0.0303. The van der Waals surface area contributed by atoms with Gasteiger partial charge in [0.15, 0.2) is 0 Å². The van der Waals surface area contributed by atoms with E-state index in [1.165, 1.54) is 7.05 Å². The maximum atomic E-state index is 12.4. The second-order valence-electron chi connectivity index (χ2n) is 4.15. The third-order valence-corrected chi connectivity index (χ3v) is 2.93. The monoisotopic (exact) mass is 263 g/mol. The Kier molecular flexibility index (Phi) is 4.35. The second-order valence-corrected chi connectivity index (χ2v) is 4.15. The number of nitrogens with zero attached hydrogens (tertiary/aromatic N) is 1. The summed E-state index contributed by atoms with van der Waals surface area (Å²) >= 11 is 0. The number of urea groups is 1. The first kappa shape index (κ1) is 13.4. The molecule has 1 saturated heterocycles. The highest BCUT2D eigenvalue weighted by atomic mass is 16.5. The zero-order valence-corrected chi connectivity index (χ0v) is 10.8. The molecule has 3 amide bonds. The van der Waals surface area contributed by atoms with E-state index in [1.807, 2.05) is 0 Å². The molecule has 0 aliphatic carbocycles. The van der Waals surface area contributed by atoms with E-state index >= 15 is 0 Å². The molecule has 0 radical (unpaired) electrons. The van der Waals surface area contributed by atoms with Crippen molar-refractivity contribution in [2.45, 2.75) is 0 Å². The topological polar surface area (TPSA) is 70.7 Å². The average molecular weight is 263 g/mol. The molecule has 0 aromatic heterocycles. The Hall–Kier alpha value is -2.08. The molecule has 1 aliphatic heterocycles. The average Bonchev–Trinajstić information content (AvgIpc) is 2.48. The third-order valence-electron chi connectivity index (χ3n) is 2.93. The van der Waals surface area contributed by atoms with Gasteiger partial charge in [0.1, 0.15) is 0 Å². The lowest BCUT2D eigenvalue weighted by Gasteiger charge is -2.27. The predicted octanol–water partition coefficient (Wildman–Crippen LogP) is 0.910. The normalized spacial score (nSPS) is 14.9. The van der Waals surface area contributed by atoms with Gasteiger partial charge in [-0.3, -0.25) is 4.79 Å². The van der Waals surface area contributed by atoms with Crippen LogP contribution in [0.4, 0.5) is 10.5 Å². The quantitative estimate of drug-likeness (QED) is 0.833. The lowest BCUT2D eigenvalue weighted by Crippen LogP contribution is -2.41. The highest BCUT2D eigenvalue weighted by Crippen LogP contribution is 2.17. The van der Waals surface area contributed by atoms with E-state index in [0.717, 1.165) is 0 Å². The largest absolute Gasteiger partial charge is 0.378 e. The number of amides is 3. The van der Waals surface area contributed by atoms with E-state index in [0.29, 0.717) is 37.6 Å². The molecule has 2 N–H and O–H groups in total. The van der Waals surface area contributed by atoms with Crippen molar-refractivity contribution < 1.29 is 14.3 Å². The van der Waals surface area contributed by atoms with Gasteiger partial charge in [-0.05, 0) is 12.1 Å². The molecule has 0 atom stereocenters. The minimum absolute atomic E-state index is 0.0877. The van der Waals surface area contributed by atoms with Crippen LogP contribution >= 0.6 is 0 Å². The molecule has 0 bridgehead atoms. The highest BCUT2D eigenvalue weighted by Gasteiger charge is 2.21. The Balaban J connectivity index is 2.18. The van der Waals surface area contributed by atoms with Crippen LogP contribution in [-0.2, 0) is 4.74 Å². The fourth-order valence-corrected chi connectivity index (χ4v) is 1.90. The number of para-hydroxylation sites is 1. The molecule has 0 saturated carbocycles. The molecule has 0 unspecified atom stereocenters. The van der Waals surface area contributed by atoms with Crippen LogP contribution in [0.15, 0.2) is 24.3 Å². The van der Waals surface area contributed by atoms with Crippen LogP contribution in [0.3, 0.4) is 0 Å². The van der Waals surface area contributed by atoms with E-state index < -0.39 is 0 Å². The molecular formula is C13H17N3O3. The number of nitrogens with one attached hydrogen (secondary N) is 2. The Bertz CT molecular complexity index is 470. The molecule has 1 aromatic rings. The van der Waals surface area contributed by atoms with Crippen molar-refractivity contribution in [2.24, 2.45) is 0 Å². The standard InChI is InChI=1S/C13H17N3O3/c1-14-13(18)15-11-5-3-2-4-10(11)12(17)16-6-8-19-9-7-16/h2-5H,6-9H2,1H3,(H2,14,15,18). The van der Waals surface area contributed by atoms with Crippen molar-refractivity contribution in [3.8, 4) is 0 Å². The van der Waals surface area contributed by atoms with Gasteiger partial charge in [-0.2, -0.15) is 0 Å². The summed E-state index contributed by atoms with van der Waals surface area (Å²) in [5.74, 6) is -0.0877. The predicted molar refractivity (Wildman–Crippen MR) is 71.2 cm³/mol. The van der Waals surface area contributed by atoms with Gasteiger partial charge < -0.3 is 20.3 Å². The van der Waals surface area contributed by atoms with Crippen LogP contribution in [0.5, 0.6) is 0 Å². The molecule has 102 valence electrons. The van der Waals surface area contributed by atoms with Crippen molar-refractivity contribution in [1.82, 2.24) is 10.2 Å². The summed E-state index contributed by atoms with van der Waals surface area (Å²) in [5, 5.41) is 5.12. The highest BCUT2D eigenvalue weighted by molar-refractivity contribution is 6.03.